The van der Waals surface area contributed by atoms with Gasteiger partial charge in [0.25, 0.3) is 0 Å². The van der Waals surface area contributed by atoms with Gasteiger partial charge in [-0.15, -0.1) is 11.3 Å². The van der Waals surface area contributed by atoms with Gasteiger partial charge in [0.15, 0.2) is 0 Å². The Kier molecular flexibility index (Phi) is 6.14. The number of urea groups is 1. The smallest absolute Gasteiger partial charge is 0.315 e. The van der Waals surface area contributed by atoms with Gasteiger partial charge in [-0.05, 0) is 5.41 Å². The summed E-state index contributed by atoms with van der Waals surface area (Å²) < 4.78 is 0. The number of hydrogen-bond acceptors (Lipinski definition) is 4. The molecule has 0 fully saturated rings. The number of amides is 2. The number of hydrogen-bond donors (Lipinski definition) is 3. The molecule has 1 rings (SSSR count). The number of rotatable bonds is 6. The molecule has 118 valence electrons. The Bertz CT molecular complexity index is 468. The van der Waals surface area contributed by atoms with Gasteiger partial charge in [0.05, 0.1) is 11.4 Å². The standard InChI is InChI=1S/C14H23N3O3S/c1-9(12-15-5-6-21-12)8-16-13(20)17-10(7-11(18)19)14(2,3)4/h5-6,9-10H,7-8H2,1-4H3,(H,18,19)(H2,16,17,20). The van der Waals surface area contributed by atoms with Crippen molar-refractivity contribution in [2.24, 2.45) is 5.41 Å². The molecule has 0 aromatic carbocycles. The minimum atomic E-state index is -0.925. The van der Waals surface area contributed by atoms with E-state index in [1.807, 2.05) is 33.1 Å². The number of carbonyl (C=O) groups is 2. The van der Waals surface area contributed by atoms with E-state index in [1.54, 1.807) is 17.5 Å². The van der Waals surface area contributed by atoms with Crippen molar-refractivity contribution < 1.29 is 14.7 Å². The second-order valence-corrected chi connectivity index (χ2v) is 7.07. The molecular weight excluding hydrogens is 290 g/mol. The monoisotopic (exact) mass is 313 g/mol. The lowest BCUT2D eigenvalue weighted by Crippen LogP contribution is -2.49. The second kappa shape index (κ2) is 7.40. The van der Waals surface area contributed by atoms with Crippen molar-refractivity contribution in [1.29, 1.82) is 0 Å². The molecule has 0 aliphatic carbocycles. The molecule has 0 bridgehead atoms. The van der Waals surface area contributed by atoms with E-state index in [0.29, 0.717) is 6.54 Å². The van der Waals surface area contributed by atoms with Crippen LogP contribution in [-0.4, -0.2) is 34.7 Å². The number of aromatic nitrogens is 1. The average Bonchev–Trinajstić information content (AvgIpc) is 2.87. The van der Waals surface area contributed by atoms with Crippen LogP contribution in [0.4, 0.5) is 4.79 Å². The molecule has 0 aliphatic heterocycles. The van der Waals surface area contributed by atoms with Gasteiger partial charge >= 0.3 is 12.0 Å². The Morgan fingerprint density at radius 1 is 1.43 bits per heavy atom. The van der Waals surface area contributed by atoms with Crippen molar-refractivity contribution >= 4 is 23.3 Å². The van der Waals surface area contributed by atoms with Crippen LogP contribution in [0.2, 0.25) is 0 Å². The van der Waals surface area contributed by atoms with Gasteiger partial charge in [0.2, 0.25) is 0 Å². The fourth-order valence-electron chi connectivity index (χ4n) is 1.77. The first-order valence-electron chi connectivity index (χ1n) is 6.85. The van der Waals surface area contributed by atoms with Gasteiger partial charge in [-0.1, -0.05) is 27.7 Å². The molecule has 6 nitrogen and oxygen atoms in total. The number of carboxylic acid groups (broad SMARTS) is 1. The van der Waals surface area contributed by atoms with Gasteiger partial charge in [-0.2, -0.15) is 0 Å². The summed E-state index contributed by atoms with van der Waals surface area (Å²) in [5.41, 5.74) is -0.323. The van der Waals surface area contributed by atoms with Crippen molar-refractivity contribution in [3.05, 3.63) is 16.6 Å². The molecule has 0 radical (unpaired) electrons. The SMILES string of the molecule is CC(CNC(=O)NC(CC(=O)O)C(C)(C)C)c1nccs1. The number of carboxylic acids is 1. The van der Waals surface area contributed by atoms with Crippen molar-refractivity contribution in [2.45, 2.75) is 46.1 Å². The predicted molar refractivity (Wildman–Crippen MR) is 82.6 cm³/mol. The molecule has 7 heteroatoms. The maximum atomic E-state index is 11.9. The van der Waals surface area contributed by atoms with E-state index in [0.717, 1.165) is 5.01 Å². The van der Waals surface area contributed by atoms with Gasteiger partial charge in [0, 0.05) is 30.1 Å². The summed E-state index contributed by atoms with van der Waals surface area (Å²) in [5, 5.41) is 17.3. The van der Waals surface area contributed by atoms with Gasteiger partial charge < -0.3 is 15.7 Å². The summed E-state index contributed by atoms with van der Waals surface area (Å²) >= 11 is 1.55. The predicted octanol–water partition coefficient (Wildman–Crippen LogP) is 2.44. The fraction of sp³-hybridized carbons (Fsp3) is 0.643. The van der Waals surface area contributed by atoms with Crippen LogP contribution in [-0.2, 0) is 4.79 Å². The van der Waals surface area contributed by atoms with Crippen LogP contribution in [0.15, 0.2) is 11.6 Å². The Morgan fingerprint density at radius 2 is 2.10 bits per heavy atom. The molecular formula is C14H23N3O3S. The summed E-state index contributed by atoms with van der Waals surface area (Å²) in [7, 11) is 0. The van der Waals surface area contributed by atoms with Crippen LogP contribution in [0.3, 0.4) is 0 Å². The van der Waals surface area contributed by atoms with Crippen LogP contribution in [0, 0.1) is 5.41 Å². The summed E-state index contributed by atoms with van der Waals surface area (Å²) in [5.74, 6) is -0.797. The number of nitrogens with one attached hydrogen (secondary N) is 2. The highest BCUT2D eigenvalue weighted by Crippen LogP contribution is 2.22. The van der Waals surface area contributed by atoms with E-state index < -0.39 is 12.0 Å². The third kappa shape index (κ3) is 6.12. The third-order valence-electron chi connectivity index (χ3n) is 3.17. The Balaban J connectivity index is 2.48. The quantitative estimate of drug-likeness (QED) is 0.752. The molecule has 1 heterocycles. The van der Waals surface area contributed by atoms with Gasteiger partial charge in [-0.3, -0.25) is 4.79 Å². The summed E-state index contributed by atoms with van der Waals surface area (Å²) in [6.07, 6.45) is 1.64. The zero-order valence-electron chi connectivity index (χ0n) is 12.8. The number of thiazole rings is 1. The minimum Gasteiger partial charge on any atom is -0.481 e. The van der Waals surface area contributed by atoms with Crippen LogP contribution in [0.25, 0.3) is 0 Å². The van der Waals surface area contributed by atoms with E-state index in [-0.39, 0.29) is 23.8 Å². The molecule has 0 saturated heterocycles. The number of carbonyl (C=O) groups excluding carboxylic acids is 1. The maximum Gasteiger partial charge on any atom is 0.315 e. The molecule has 1 aromatic rings. The highest BCUT2D eigenvalue weighted by Gasteiger charge is 2.28. The van der Waals surface area contributed by atoms with E-state index >= 15 is 0 Å². The average molecular weight is 313 g/mol. The summed E-state index contributed by atoms with van der Waals surface area (Å²) in [6, 6.07) is -0.773. The highest BCUT2D eigenvalue weighted by molar-refractivity contribution is 7.09. The molecule has 2 unspecified atom stereocenters. The van der Waals surface area contributed by atoms with Crippen LogP contribution in [0.1, 0.15) is 45.0 Å². The molecule has 21 heavy (non-hydrogen) atoms. The normalized spacial score (nSPS) is 14.3. The van der Waals surface area contributed by atoms with Crippen molar-refractivity contribution in [1.82, 2.24) is 15.6 Å². The largest absolute Gasteiger partial charge is 0.481 e. The first kappa shape index (κ1) is 17.4. The van der Waals surface area contributed by atoms with Gasteiger partial charge in [0.1, 0.15) is 0 Å². The van der Waals surface area contributed by atoms with Crippen LogP contribution >= 0.6 is 11.3 Å². The summed E-state index contributed by atoms with van der Waals surface area (Å²) in [6.45, 7) is 8.15. The lowest BCUT2D eigenvalue weighted by Gasteiger charge is -2.30. The fourth-order valence-corrected chi connectivity index (χ4v) is 2.47. The second-order valence-electron chi connectivity index (χ2n) is 6.14. The molecule has 3 N–H and O–H groups in total. The molecule has 0 aliphatic rings. The Labute approximate surface area is 129 Å². The molecule has 2 atom stereocenters. The molecule has 2 amide bonds. The first-order valence-corrected chi connectivity index (χ1v) is 7.73. The maximum absolute atomic E-state index is 11.9. The van der Waals surface area contributed by atoms with Crippen molar-refractivity contribution in [3.63, 3.8) is 0 Å². The van der Waals surface area contributed by atoms with Gasteiger partial charge in [-0.25, -0.2) is 9.78 Å². The Hall–Kier alpha value is -1.63. The lowest BCUT2D eigenvalue weighted by molar-refractivity contribution is -0.138. The van der Waals surface area contributed by atoms with E-state index in [4.69, 9.17) is 5.11 Å². The molecule has 0 saturated carbocycles. The molecule has 0 spiro atoms. The lowest BCUT2D eigenvalue weighted by atomic mass is 9.85. The first-order chi connectivity index (χ1) is 9.70. The number of nitrogens with zero attached hydrogens (tertiary/aromatic N) is 1. The minimum absolute atomic E-state index is 0.0983. The van der Waals surface area contributed by atoms with E-state index in [9.17, 15) is 9.59 Å². The van der Waals surface area contributed by atoms with E-state index in [1.165, 1.54) is 0 Å². The topological polar surface area (TPSA) is 91.3 Å². The third-order valence-corrected chi connectivity index (χ3v) is 4.18. The molecule has 1 aromatic heterocycles. The van der Waals surface area contributed by atoms with Crippen molar-refractivity contribution in [2.75, 3.05) is 6.54 Å². The zero-order chi connectivity index (χ0) is 16.0. The Morgan fingerprint density at radius 3 is 2.57 bits per heavy atom. The summed E-state index contributed by atoms with van der Waals surface area (Å²) in [4.78, 5) is 27.0. The van der Waals surface area contributed by atoms with Crippen LogP contribution in [0.5, 0.6) is 0 Å². The van der Waals surface area contributed by atoms with Crippen LogP contribution < -0.4 is 10.6 Å². The van der Waals surface area contributed by atoms with Crippen molar-refractivity contribution in [3.8, 4) is 0 Å². The van der Waals surface area contributed by atoms with E-state index in [2.05, 4.69) is 15.6 Å². The number of aliphatic carboxylic acids is 1. The highest BCUT2D eigenvalue weighted by atomic mass is 32.1. The zero-order valence-corrected chi connectivity index (χ0v) is 13.7.